The summed E-state index contributed by atoms with van der Waals surface area (Å²) >= 11 is 0. The second kappa shape index (κ2) is 10.0. The van der Waals surface area contributed by atoms with Crippen LogP contribution in [0.2, 0.25) is 0 Å². The van der Waals surface area contributed by atoms with E-state index in [4.69, 9.17) is 18.7 Å². The quantitative estimate of drug-likeness (QED) is 0.310. The van der Waals surface area contributed by atoms with Gasteiger partial charge in [0.05, 0.1) is 0 Å². The summed E-state index contributed by atoms with van der Waals surface area (Å²) in [5.74, 6) is -0.490. The van der Waals surface area contributed by atoms with Crippen LogP contribution in [0, 0.1) is 0 Å². The highest BCUT2D eigenvalue weighted by Crippen LogP contribution is 2.19. The van der Waals surface area contributed by atoms with Crippen LogP contribution in [-0.4, -0.2) is 38.0 Å². The maximum atomic E-state index is 10.3. The number of urea groups is 2. The predicted molar refractivity (Wildman–Crippen MR) is 78.3 cm³/mol. The van der Waals surface area contributed by atoms with E-state index < -0.39 is 32.9 Å². The SMILES string of the molecule is NC(N)=O.NC(N)=O.O=S(=O)(O)Oc1ccc(OS(=O)(=O)O)cc1. The van der Waals surface area contributed by atoms with Gasteiger partial charge in [-0.15, -0.1) is 0 Å². The Morgan fingerprint density at radius 3 is 1.00 bits per heavy atom. The van der Waals surface area contributed by atoms with Gasteiger partial charge in [0.15, 0.2) is 0 Å². The molecule has 0 radical (unpaired) electrons. The molecule has 0 bridgehead atoms. The largest absolute Gasteiger partial charge is 0.446 e. The van der Waals surface area contributed by atoms with E-state index in [1.165, 1.54) is 0 Å². The number of rotatable bonds is 4. The Bertz CT molecular complexity index is 671. The van der Waals surface area contributed by atoms with Gasteiger partial charge in [-0.1, -0.05) is 0 Å². The molecule has 16 heteroatoms. The van der Waals surface area contributed by atoms with E-state index in [9.17, 15) is 16.8 Å². The minimum atomic E-state index is -4.63. The molecule has 24 heavy (non-hydrogen) atoms. The van der Waals surface area contributed by atoms with Crippen molar-refractivity contribution in [3.05, 3.63) is 24.3 Å². The maximum absolute atomic E-state index is 10.3. The van der Waals surface area contributed by atoms with Crippen molar-refractivity contribution in [2.75, 3.05) is 0 Å². The van der Waals surface area contributed by atoms with Crippen molar-refractivity contribution in [3.63, 3.8) is 0 Å². The minimum absolute atomic E-state index is 0.245. The molecule has 0 fully saturated rings. The highest BCUT2D eigenvalue weighted by Gasteiger charge is 2.09. The molecule has 0 aromatic heterocycles. The second-order valence-corrected chi connectivity index (χ2v) is 5.34. The van der Waals surface area contributed by atoms with Gasteiger partial charge < -0.3 is 31.3 Å². The average Bonchev–Trinajstić information content (AvgIpc) is 2.26. The van der Waals surface area contributed by atoms with Crippen LogP contribution in [0.5, 0.6) is 11.5 Å². The van der Waals surface area contributed by atoms with Crippen molar-refractivity contribution in [2.24, 2.45) is 22.9 Å². The molecule has 1 rings (SSSR count). The summed E-state index contributed by atoms with van der Waals surface area (Å²) in [6.07, 6.45) is 0. The normalized spacial score (nSPS) is 10.1. The number of hydrogen-bond donors (Lipinski definition) is 6. The molecule has 138 valence electrons. The van der Waals surface area contributed by atoms with E-state index in [1.54, 1.807) is 0 Å². The van der Waals surface area contributed by atoms with Gasteiger partial charge in [0.2, 0.25) is 0 Å². The lowest BCUT2D eigenvalue weighted by Crippen LogP contribution is -2.18. The molecule has 0 aliphatic rings. The molecule has 0 saturated carbocycles. The smallest absolute Gasteiger partial charge is 0.362 e. The zero-order valence-electron chi connectivity index (χ0n) is 11.6. The van der Waals surface area contributed by atoms with E-state index in [2.05, 4.69) is 31.3 Å². The van der Waals surface area contributed by atoms with Crippen LogP contribution in [0.15, 0.2) is 24.3 Å². The highest BCUT2D eigenvalue weighted by molar-refractivity contribution is 7.81. The van der Waals surface area contributed by atoms with Crippen molar-refractivity contribution in [3.8, 4) is 11.5 Å². The Labute approximate surface area is 136 Å². The number of carbonyl (C=O) groups excluding carboxylic acids is 2. The first-order chi connectivity index (χ1) is 10.6. The number of carbonyl (C=O) groups is 2. The van der Waals surface area contributed by atoms with Gasteiger partial charge in [-0.2, -0.15) is 16.8 Å². The van der Waals surface area contributed by atoms with Crippen LogP contribution >= 0.6 is 0 Å². The Hall–Kier alpha value is -2.82. The third-order valence-corrected chi connectivity index (χ3v) is 2.03. The molecule has 1 aromatic rings. The van der Waals surface area contributed by atoms with Crippen LogP contribution in [0.25, 0.3) is 0 Å². The van der Waals surface area contributed by atoms with Crippen LogP contribution in [0.3, 0.4) is 0 Å². The third kappa shape index (κ3) is 21.5. The summed E-state index contributed by atoms with van der Waals surface area (Å²) in [5, 5.41) is 0. The summed E-state index contributed by atoms with van der Waals surface area (Å²) in [6.45, 7) is 0. The first-order valence-corrected chi connectivity index (χ1v) is 7.89. The molecule has 0 saturated heterocycles. The molecule has 14 nitrogen and oxygen atoms in total. The van der Waals surface area contributed by atoms with Crippen LogP contribution in [0.1, 0.15) is 0 Å². The molecule has 0 atom stereocenters. The summed E-state index contributed by atoms with van der Waals surface area (Å²) in [6, 6.07) is 2.42. The summed E-state index contributed by atoms with van der Waals surface area (Å²) < 4.78 is 65.8. The van der Waals surface area contributed by atoms with E-state index >= 15 is 0 Å². The predicted octanol–water partition coefficient (Wildman–Crippen LogP) is -1.90. The molecule has 0 unspecified atom stereocenters. The Balaban J connectivity index is 0. The highest BCUT2D eigenvalue weighted by atomic mass is 32.3. The van der Waals surface area contributed by atoms with Gasteiger partial charge in [0.1, 0.15) is 11.5 Å². The maximum Gasteiger partial charge on any atom is 0.446 e. The fourth-order valence-electron chi connectivity index (χ4n) is 0.794. The van der Waals surface area contributed by atoms with Crippen molar-refractivity contribution in [2.45, 2.75) is 0 Å². The Morgan fingerprint density at radius 1 is 0.708 bits per heavy atom. The number of amides is 4. The van der Waals surface area contributed by atoms with Crippen molar-refractivity contribution in [1.29, 1.82) is 0 Å². The molecule has 0 aliphatic carbocycles. The summed E-state index contributed by atoms with van der Waals surface area (Å²) in [7, 11) is -9.27. The molecule has 1 aromatic carbocycles. The number of benzene rings is 1. The fourth-order valence-corrected chi connectivity index (χ4v) is 1.50. The van der Waals surface area contributed by atoms with Crippen LogP contribution in [-0.2, 0) is 20.8 Å². The molecular weight excluding hydrogens is 376 g/mol. The Kier molecular flexibility index (Phi) is 9.82. The molecule has 0 aliphatic heterocycles. The van der Waals surface area contributed by atoms with Crippen molar-refractivity contribution >= 4 is 32.9 Å². The zero-order valence-corrected chi connectivity index (χ0v) is 13.2. The fraction of sp³-hybridized carbons (Fsp3) is 0. The zero-order chi connectivity index (χ0) is 19.6. The monoisotopic (exact) mass is 390 g/mol. The molecular formula is C8H14N4O10S2. The Morgan fingerprint density at radius 2 is 0.875 bits per heavy atom. The van der Waals surface area contributed by atoms with Crippen molar-refractivity contribution in [1.82, 2.24) is 0 Å². The van der Waals surface area contributed by atoms with E-state index in [-0.39, 0.29) is 11.5 Å². The summed E-state index contributed by atoms with van der Waals surface area (Å²) in [5.41, 5.74) is 17.0. The standard InChI is InChI=1S/C6H6O8S2.2CH4N2O/c7-15(8,9)13-5-1-2-6(4-3-5)14-16(10,11)12;2*2-1(3)4/h1-4H,(H,7,8,9)(H,10,11,12);2*(H4,2,3,4). The van der Waals surface area contributed by atoms with Crippen LogP contribution in [0.4, 0.5) is 9.59 Å². The van der Waals surface area contributed by atoms with Crippen molar-refractivity contribution < 1.29 is 43.9 Å². The van der Waals surface area contributed by atoms with Gasteiger partial charge in [-0.3, -0.25) is 9.11 Å². The van der Waals surface area contributed by atoms with Gasteiger partial charge in [0, 0.05) is 0 Å². The minimum Gasteiger partial charge on any atom is -0.362 e. The molecule has 4 amide bonds. The topological polar surface area (TPSA) is 265 Å². The molecule has 0 spiro atoms. The lowest BCUT2D eigenvalue weighted by molar-refractivity contribution is 0.255. The average molecular weight is 390 g/mol. The third-order valence-electron chi connectivity index (χ3n) is 1.23. The van der Waals surface area contributed by atoms with Crippen LogP contribution < -0.4 is 31.3 Å². The first-order valence-electron chi connectivity index (χ1n) is 5.16. The number of primary amides is 4. The summed E-state index contributed by atoms with van der Waals surface area (Å²) in [4.78, 5) is 18.0. The van der Waals surface area contributed by atoms with Gasteiger partial charge in [-0.25, -0.2) is 9.59 Å². The lowest BCUT2D eigenvalue weighted by Gasteiger charge is -2.03. The first kappa shape index (κ1) is 23.4. The van der Waals surface area contributed by atoms with Gasteiger partial charge in [0.25, 0.3) is 0 Å². The van der Waals surface area contributed by atoms with E-state index in [1.807, 2.05) is 0 Å². The lowest BCUT2D eigenvalue weighted by atomic mass is 10.3. The second-order valence-electron chi connectivity index (χ2n) is 3.30. The van der Waals surface area contributed by atoms with E-state index in [0.717, 1.165) is 24.3 Å². The number of nitrogens with two attached hydrogens (primary N) is 4. The number of hydrogen-bond acceptors (Lipinski definition) is 8. The molecule has 10 N–H and O–H groups in total. The van der Waals surface area contributed by atoms with E-state index in [0.29, 0.717) is 0 Å². The molecule has 0 heterocycles. The van der Waals surface area contributed by atoms with Gasteiger partial charge in [-0.05, 0) is 24.3 Å². The van der Waals surface area contributed by atoms with Gasteiger partial charge >= 0.3 is 32.9 Å².